The van der Waals surface area contributed by atoms with Gasteiger partial charge in [-0.1, -0.05) is 175 Å². The van der Waals surface area contributed by atoms with Crippen LogP contribution in [0.15, 0.2) is 229 Å². The fourth-order valence-corrected chi connectivity index (χ4v) is 9.63. The summed E-state index contributed by atoms with van der Waals surface area (Å²) in [7, 11) is 0. The van der Waals surface area contributed by atoms with Crippen molar-refractivity contribution >= 4 is 43.7 Å². The van der Waals surface area contributed by atoms with Crippen LogP contribution < -0.4 is 0 Å². The van der Waals surface area contributed by atoms with Crippen LogP contribution in [0, 0.1) is 41.5 Å². The van der Waals surface area contributed by atoms with E-state index in [9.17, 15) is 0 Å². The Bertz CT molecular complexity index is 3690. The van der Waals surface area contributed by atoms with Gasteiger partial charge in [-0.05, 0) is 169 Å². The Kier molecular flexibility index (Phi) is 12.2. The van der Waals surface area contributed by atoms with Gasteiger partial charge in [-0.2, -0.15) is 0 Å². The fourth-order valence-electron chi connectivity index (χ4n) is 9.63. The molecule has 0 amide bonds. The average molecular weight is 878 g/mol. The summed E-state index contributed by atoms with van der Waals surface area (Å²) in [6, 6.07) is 80.2. The number of hydrogen-bond acceptors (Lipinski definition) is 1. The molecule has 330 valence electrons. The van der Waals surface area contributed by atoms with Crippen molar-refractivity contribution in [2.24, 2.45) is 0 Å². The van der Waals surface area contributed by atoms with E-state index in [1.165, 1.54) is 105 Å². The van der Waals surface area contributed by atoms with Crippen LogP contribution in [0.3, 0.4) is 0 Å². The molecule has 2 heteroatoms. The van der Waals surface area contributed by atoms with Crippen molar-refractivity contribution in [1.29, 1.82) is 0 Å². The summed E-state index contributed by atoms with van der Waals surface area (Å²) in [5.74, 6) is 0. The Hall–Kier alpha value is -8.20. The molecule has 0 aliphatic carbocycles. The third-order valence-corrected chi connectivity index (χ3v) is 13.3. The fraction of sp³-hybridized carbons (Fsp3) is 0.0909. The van der Waals surface area contributed by atoms with Gasteiger partial charge in [0.05, 0.1) is 11.0 Å². The van der Waals surface area contributed by atoms with Crippen molar-refractivity contribution in [3.05, 3.63) is 258 Å². The van der Waals surface area contributed by atoms with Crippen molar-refractivity contribution in [2.45, 2.75) is 41.5 Å². The molecule has 0 aliphatic heterocycles. The molecule has 0 aliphatic rings. The zero-order valence-corrected chi connectivity index (χ0v) is 39.7. The third kappa shape index (κ3) is 8.65. The van der Waals surface area contributed by atoms with Crippen LogP contribution in [-0.2, 0) is 0 Å². The van der Waals surface area contributed by atoms with Gasteiger partial charge in [0.15, 0.2) is 0 Å². The van der Waals surface area contributed by atoms with E-state index in [4.69, 9.17) is 4.42 Å². The van der Waals surface area contributed by atoms with Gasteiger partial charge in [-0.3, -0.25) is 0 Å². The van der Waals surface area contributed by atoms with E-state index >= 15 is 0 Å². The molecule has 0 saturated carbocycles. The first-order valence-electron chi connectivity index (χ1n) is 23.6. The molecule has 12 rings (SSSR count). The second-order valence-electron chi connectivity index (χ2n) is 18.0. The van der Waals surface area contributed by atoms with E-state index in [-0.39, 0.29) is 0 Å². The van der Waals surface area contributed by atoms with Gasteiger partial charge < -0.3 is 8.98 Å². The lowest BCUT2D eigenvalue weighted by Crippen LogP contribution is -1.94. The molecule has 0 N–H and O–H groups in total. The molecule has 0 radical (unpaired) electrons. The van der Waals surface area contributed by atoms with Crippen molar-refractivity contribution in [2.75, 3.05) is 0 Å². The Morgan fingerprint density at radius 1 is 0.294 bits per heavy atom. The molecule has 0 saturated heterocycles. The predicted molar refractivity (Wildman–Crippen MR) is 291 cm³/mol. The van der Waals surface area contributed by atoms with Gasteiger partial charge in [0, 0.05) is 27.2 Å². The highest BCUT2D eigenvalue weighted by atomic mass is 16.3. The third-order valence-electron chi connectivity index (χ3n) is 13.3. The lowest BCUT2D eigenvalue weighted by molar-refractivity contribution is 0.669. The second kappa shape index (κ2) is 19.0. The lowest BCUT2D eigenvalue weighted by atomic mass is 9.90. The molecule has 0 fully saturated rings. The number of aryl methyl sites for hydroxylation is 6. The average Bonchev–Trinajstić information content (AvgIpc) is 3.90. The SMILES string of the molecule is Cc1ccccc1.Cc1ccccc1.Cc1ccccc1-c1cc(-c2cccc3oc4ccc(-c5ccc(C)c(-c6cc7c8ccccc8n(-c8ccccc8)c7cc6C)c5)cc4c23)ccc1C. The molecule has 12 aromatic rings. The molecule has 10 aromatic carbocycles. The summed E-state index contributed by atoms with van der Waals surface area (Å²) in [5, 5.41) is 4.81. The minimum absolute atomic E-state index is 0.899. The molecule has 2 nitrogen and oxygen atoms in total. The van der Waals surface area contributed by atoms with E-state index in [0.29, 0.717) is 0 Å². The topological polar surface area (TPSA) is 18.1 Å². The van der Waals surface area contributed by atoms with Crippen LogP contribution in [0.5, 0.6) is 0 Å². The Morgan fingerprint density at radius 3 is 1.50 bits per heavy atom. The zero-order chi connectivity index (χ0) is 46.7. The van der Waals surface area contributed by atoms with Gasteiger partial charge in [-0.15, -0.1) is 0 Å². The van der Waals surface area contributed by atoms with Gasteiger partial charge >= 0.3 is 0 Å². The smallest absolute Gasteiger partial charge is 0.136 e. The van der Waals surface area contributed by atoms with Crippen LogP contribution in [0.1, 0.15) is 33.4 Å². The molecule has 0 unspecified atom stereocenters. The summed E-state index contributed by atoms with van der Waals surface area (Å²) in [6.07, 6.45) is 0. The van der Waals surface area contributed by atoms with Gasteiger partial charge in [0.1, 0.15) is 11.2 Å². The van der Waals surface area contributed by atoms with E-state index in [1.807, 2.05) is 36.4 Å². The molecule has 68 heavy (non-hydrogen) atoms. The van der Waals surface area contributed by atoms with Crippen molar-refractivity contribution in [3.63, 3.8) is 0 Å². The second-order valence-corrected chi connectivity index (χ2v) is 18.0. The molecule has 2 heterocycles. The normalized spacial score (nSPS) is 11.1. The maximum Gasteiger partial charge on any atom is 0.136 e. The molecule has 0 atom stereocenters. The van der Waals surface area contributed by atoms with Crippen molar-refractivity contribution in [1.82, 2.24) is 4.57 Å². The van der Waals surface area contributed by atoms with Gasteiger partial charge in [0.2, 0.25) is 0 Å². The van der Waals surface area contributed by atoms with Gasteiger partial charge in [0.25, 0.3) is 0 Å². The molecule has 0 bridgehead atoms. The number of benzene rings is 10. The minimum Gasteiger partial charge on any atom is -0.456 e. The van der Waals surface area contributed by atoms with Crippen LogP contribution in [-0.4, -0.2) is 4.57 Å². The number of fused-ring (bicyclic) bond motifs is 6. The standard InChI is InChI=1S/C52H39NO.2C7H8/c1-32-13-8-9-16-40(32)43-30-38(24-22-33(43)2)41-18-12-20-51-52(41)47-29-37(25-26-50(47)54-51)36-23-21-34(3)44(28-36)45-31-46-42-17-10-11-19-48(42)53(49(46)27-35(45)4)39-14-6-5-7-15-39;2*1-7-5-3-2-4-6-7/h5-31H,1-4H3;2*2-6H,1H3. The maximum absolute atomic E-state index is 6.50. The zero-order valence-electron chi connectivity index (χ0n) is 39.7. The van der Waals surface area contributed by atoms with E-state index < -0.39 is 0 Å². The Morgan fingerprint density at radius 2 is 0.824 bits per heavy atom. The first kappa shape index (κ1) is 43.7. The summed E-state index contributed by atoms with van der Waals surface area (Å²) in [5.41, 5.74) is 22.9. The molecular formula is C66H55NO. The molecule has 0 spiro atoms. The number of nitrogens with zero attached hydrogens (tertiary/aromatic N) is 1. The largest absolute Gasteiger partial charge is 0.456 e. The predicted octanol–water partition coefficient (Wildman–Crippen LogP) is 18.6. The van der Waals surface area contributed by atoms with Crippen molar-refractivity contribution in [3.8, 4) is 50.2 Å². The van der Waals surface area contributed by atoms with Crippen LogP contribution in [0.2, 0.25) is 0 Å². The van der Waals surface area contributed by atoms with Crippen molar-refractivity contribution < 1.29 is 4.42 Å². The number of para-hydroxylation sites is 2. The number of aromatic nitrogens is 1. The lowest BCUT2D eigenvalue weighted by Gasteiger charge is -2.14. The highest BCUT2D eigenvalue weighted by molar-refractivity contribution is 6.14. The summed E-state index contributed by atoms with van der Waals surface area (Å²) >= 11 is 0. The monoisotopic (exact) mass is 877 g/mol. The Labute approximate surface area is 400 Å². The first-order valence-corrected chi connectivity index (χ1v) is 23.6. The van der Waals surface area contributed by atoms with Crippen LogP contribution in [0.4, 0.5) is 0 Å². The first-order chi connectivity index (χ1) is 33.2. The summed E-state index contributed by atoms with van der Waals surface area (Å²) in [4.78, 5) is 0. The molecular weight excluding hydrogens is 823 g/mol. The van der Waals surface area contributed by atoms with Crippen LogP contribution >= 0.6 is 0 Å². The highest BCUT2D eigenvalue weighted by Crippen LogP contribution is 2.42. The summed E-state index contributed by atoms with van der Waals surface area (Å²) in [6.45, 7) is 13.0. The minimum atomic E-state index is 0.899. The maximum atomic E-state index is 6.50. The van der Waals surface area contributed by atoms with E-state index in [2.05, 4.69) is 234 Å². The quantitative estimate of drug-likeness (QED) is 0.168. The van der Waals surface area contributed by atoms with E-state index in [1.54, 1.807) is 0 Å². The number of rotatable bonds is 5. The summed E-state index contributed by atoms with van der Waals surface area (Å²) < 4.78 is 8.89. The van der Waals surface area contributed by atoms with Crippen LogP contribution in [0.25, 0.3) is 93.9 Å². The number of hydrogen-bond donors (Lipinski definition) is 0. The highest BCUT2D eigenvalue weighted by Gasteiger charge is 2.18. The Balaban J connectivity index is 0.000000331. The molecule has 2 aromatic heterocycles. The van der Waals surface area contributed by atoms with E-state index in [0.717, 1.165) is 21.9 Å². The van der Waals surface area contributed by atoms with Gasteiger partial charge in [-0.25, -0.2) is 0 Å². The number of furan rings is 1.